The molecule has 2 heterocycles. The van der Waals surface area contributed by atoms with E-state index in [-0.39, 0.29) is 5.91 Å². The zero-order valence-corrected chi connectivity index (χ0v) is 16.7. The van der Waals surface area contributed by atoms with Crippen molar-refractivity contribution in [3.8, 4) is 0 Å². The van der Waals surface area contributed by atoms with Crippen LogP contribution in [0.15, 0.2) is 48.5 Å². The zero-order chi connectivity index (χ0) is 19.2. The van der Waals surface area contributed by atoms with Crippen LogP contribution in [-0.4, -0.2) is 41.9 Å². The van der Waals surface area contributed by atoms with Crippen LogP contribution >= 0.6 is 0 Å². The maximum Gasteiger partial charge on any atom is 0.251 e. The lowest BCUT2D eigenvalue weighted by atomic mass is 10.1. The fourth-order valence-corrected chi connectivity index (χ4v) is 4.28. The van der Waals surface area contributed by atoms with Crippen LogP contribution in [0, 0.1) is 0 Å². The summed E-state index contributed by atoms with van der Waals surface area (Å²) in [5.41, 5.74) is 4.52. The monoisotopic (exact) mass is 377 g/mol. The van der Waals surface area contributed by atoms with Gasteiger partial charge in [-0.1, -0.05) is 36.4 Å². The molecule has 148 valence electrons. The third-order valence-electron chi connectivity index (χ3n) is 5.87. The fraction of sp³-hybridized carbons (Fsp3) is 0.458. The van der Waals surface area contributed by atoms with Gasteiger partial charge in [-0.05, 0) is 80.7 Å². The molecule has 0 radical (unpaired) electrons. The van der Waals surface area contributed by atoms with E-state index in [9.17, 15) is 4.79 Å². The van der Waals surface area contributed by atoms with Gasteiger partial charge in [0.2, 0.25) is 0 Å². The summed E-state index contributed by atoms with van der Waals surface area (Å²) < 4.78 is 0. The van der Waals surface area contributed by atoms with Gasteiger partial charge in [-0.15, -0.1) is 0 Å². The molecule has 2 aliphatic heterocycles. The first-order valence-corrected chi connectivity index (χ1v) is 10.7. The number of nitrogens with zero attached hydrogens (tertiary/aromatic N) is 2. The predicted molar refractivity (Wildman–Crippen MR) is 113 cm³/mol. The van der Waals surface area contributed by atoms with Crippen molar-refractivity contribution in [3.05, 3.63) is 70.8 Å². The minimum Gasteiger partial charge on any atom is -0.348 e. The van der Waals surface area contributed by atoms with Gasteiger partial charge in [0.15, 0.2) is 0 Å². The Morgan fingerprint density at radius 1 is 0.750 bits per heavy atom. The van der Waals surface area contributed by atoms with E-state index in [1.54, 1.807) is 0 Å². The second-order valence-electron chi connectivity index (χ2n) is 8.17. The Balaban J connectivity index is 1.28. The van der Waals surface area contributed by atoms with Gasteiger partial charge in [-0.3, -0.25) is 14.6 Å². The molecule has 28 heavy (non-hydrogen) atoms. The van der Waals surface area contributed by atoms with Gasteiger partial charge < -0.3 is 5.32 Å². The summed E-state index contributed by atoms with van der Waals surface area (Å²) in [7, 11) is 0. The first-order chi connectivity index (χ1) is 13.8. The molecule has 2 fully saturated rings. The van der Waals surface area contributed by atoms with Crippen LogP contribution in [0.5, 0.6) is 0 Å². The Bertz CT molecular complexity index is 775. The third kappa shape index (κ3) is 5.21. The quantitative estimate of drug-likeness (QED) is 0.797. The van der Waals surface area contributed by atoms with Crippen LogP contribution in [-0.2, 0) is 19.6 Å². The Labute approximate surface area is 168 Å². The van der Waals surface area contributed by atoms with Gasteiger partial charge >= 0.3 is 0 Å². The van der Waals surface area contributed by atoms with Gasteiger partial charge in [0, 0.05) is 25.2 Å². The number of carbonyl (C=O) groups is 1. The summed E-state index contributed by atoms with van der Waals surface area (Å²) in [6.45, 7) is 7.37. The van der Waals surface area contributed by atoms with Gasteiger partial charge in [0.1, 0.15) is 0 Å². The van der Waals surface area contributed by atoms with Crippen LogP contribution in [0.25, 0.3) is 0 Å². The molecular formula is C24H31N3O. The third-order valence-corrected chi connectivity index (χ3v) is 5.87. The van der Waals surface area contributed by atoms with E-state index in [2.05, 4.69) is 51.5 Å². The minimum absolute atomic E-state index is 0.00216. The average molecular weight is 378 g/mol. The highest BCUT2D eigenvalue weighted by atomic mass is 16.1. The predicted octanol–water partition coefficient (Wildman–Crippen LogP) is 3.81. The lowest BCUT2D eigenvalue weighted by Crippen LogP contribution is -2.23. The molecule has 0 spiro atoms. The number of amides is 1. The van der Waals surface area contributed by atoms with Crippen molar-refractivity contribution in [1.29, 1.82) is 0 Å². The van der Waals surface area contributed by atoms with Crippen molar-refractivity contribution in [1.82, 2.24) is 15.1 Å². The lowest BCUT2D eigenvalue weighted by molar-refractivity contribution is 0.0951. The van der Waals surface area contributed by atoms with Crippen LogP contribution < -0.4 is 5.32 Å². The number of carbonyl (C=O) groups excluding carboxylic acids is 1. The summed E-state index contributed by atoms with van der Waals surface area (Å²) in [5.74, 6) is -0.00216. The topological polar surface area (TPSA) is 35.6 Å². The Morgan fingerprint density at radius 2 is 1.32 bits per heavy atom. The number of hydrogen-bond acceptors (Lipinski definition) is 3. The van der Waals surface area contributed by atoms with E-state index in [1.807, 2.05) is 12.1 Å². The standard InChI is InChI=1S/C24H31N3O/c28-24(23-10-8-20(9-11-23)18-26-12-1-2-13-26)25-17-21-6-5-7-22(16-21)19-27-14-3-4-15-27/h5-11,16H,1-4,12-15,17-19H2,(H,25,28). The summed E-state index contributed by atoms with van der Waals surface area (Å²) >= 11 is 0. The zero-order valence-electron chi connectivity index (χ0n) is 16.7. The molecule has 0 aromatic heterocycles. The first kappa shape index (κ1) is 19.2. The first-order valence-electron chi connectivity index (χ1n) is 10.7. The second kappa shape index (κ2) is 9.35. The molecule has 0 unspecified atom stereocenters. The smallest absolute Gasteiger partial charge is 0.251 e. The number of benzene rings is 2. The second-order valence-corrected chi connectivity index (χ2v) is 8.17. The van der Waals surface area contributed by atoms with Crippen molar-refractivity contribution in [2.24, 2.45) is 0 Å². The molecule has 4 nitrogen and oxygen atoms in total. The van der Waals surface area contributed by atoms with Crippen LogP contribution in [0.2, 0.25) is 0 Å². The molecule has 1 amide bonds. The maximum absolute atomic E-state index is 12.5. The maximum atomic E-state index is 12.5. The van der Waals surface area contributed by atoms with E-state index in [0.717, 1.165) is 24.2 Å². The molecule has 1 N–H and O–H groups in total. The molecule has 4 rings (SSSR count). The van der Waals surface area contributed by atoms with Crippen molar-refractivity contribution >= 4 is 5.91 Å². The molecule has 2 aromatic carbocycles. The molecule has 0 aliphatic carbocycles. The van der Waals surface area contributed by atoms with Crippen LogP contribution in [0.3, 0.4) is 0 Å². The molecule has 0 saturated carbocycles. The fourth-order valence-electron chi connectivity index (χ4n) is 4.28. The van der Waals surface area contributed by atoms with E-state index in [1.165, 1.54) is 63.0 Å². The van der Waals surface area contributed by atoms with Crippen molar-refractivity contribution in [2.45, 2.75) is 45.3 Å². The number of rotatable bonds is 7. The van der Waals surface area contributed by atoms with E-state index < -0.39 is 0 Å². The number of hydrogen-bond donors (Lipinski definition) is 1. The van der Waals surface area contributed by atoms with Gasteiger partial charge in [-0.2, -0.15) is 0 Å². The largest absolute Gasteiger partial charge is 0.348 e. The van der Waals surface area contributed by atoms with Gasteiger partial charge in [0.05, 0.1) is 0 Å². The molecule has 0 bridgehead atoms. The molecule has 0 atom stereocenters. The highest BCUT2D eigenvalue weighted by molar-refractivity contribution is 5.94. The summed E-state index contributed by atoms with van der Waals surface area (Å²) in [4.78, 5) is 17.5. The minimum atomic E-state index is -0.00216. The number of nitrogens with one attached hydrogen (secondary N) is 1. The SMILES string of the molecule is O=C(NCc1cccc(CN2CCCC2)c1)c1ccc(CN2CCCC2)cc1. The van der Waals surface area contributed by atoms with E-state index in [0.29, 0.717) is 6.54 Å². The molecule has 2 saturated heterocycles. The molecule has 2 aliphatic rings. The van der Waals surface area contributed by atoms with E-state index >= 15 is 0 Å². The Hall–Kier alpha value is -2.17. The van der Waals surface area contributed by atoms with Gasteiger partial charge in [-0.25, -0.2) is 0 Å². The highest BCUT2D eigenvalue weighted by Crippen LogP contribution is 2.15. The highest BCUT2D eigenvalue weighted by Gasteiger charge is 2.13. The molecule has 4 heteroatoms. The summed E-state index contributed by atoms with van der Waals surface area (Å²) in [6, 6.07) is 16.7. The normalized spacial score (nSPS) is 17.9. The lowest BCUT2D eigenvalue weighted by Gasteiger charge is -2.15. The van der Waals surface area contributed by atoms with Crippen LogP contribution in [0.1, 0.15) is 52.7 Å². The molecule has 2 aromatic rings. The summed E-state index contributed by atoms with van der Waals surface area (Å²) in [5, 5.41) is 3.07. The van der Waals surface area contributed by atoms with Crippen molar-refractivity contribution in [2.75, 3.05) is 26.2 Å². The van der Waals surface area contributed by atoms with Crippen molar-refractivity contribution < 1.29 is 4.79 Å². The van der Waals surface area contributed by atoms with Crippen LogP contribution in [0.4, 0.5) is 0 Å². The van der Waals surface area contributed by atoms with E-state index in [4.69, 9.17) is 0 Å². The molecular weight excluding hydrogens is 346 g/mol. The van der Waals surface area contributed by atoms with Gasteiger partial charge in [0.25, 0.3) is 5.91 Å². The average Bonchev–Trinajstić information content (AvgIpc) is 3.41. The summed E-state index contributed by atoms with van der Waals surface area (Å²) in [6.07, 6.45) is 5.23. The van der Waals surface area contributed by atoms with Crippen molar-refractivity contribution in [3.63, 3.8) is 0 Å². The number of likely N-dealkylation sites (tertiary alicyclic amines) is 2. The Morgan fingerprint density at radius 3 is 1.96 bits per heavy atom. The Kier molecular flexibility index (Phi) is 6.40.